The van der Waals surface area contributed by atoms with Crippen molar-refractivity contribution in [2.24, 2.45) is 11.8 Å². The lowest BCUT2D eigenvalue weighted by atomic mass is 9.84. The maximum absolute atomic E-state index is 11.5. The molecule has 2 fully saturated rings. The Labute approximate surface area is 84.9 Å². The molecule has 0 heterocycles. The Kier molecular flexibility index (Phi) is 2.77. The van der Waals surface area contributed by atoms with Crippen molar-refractivity contribution in [3.63, 3.8) is 0 Å². The summed E-state index contributed by atoms with van der Waals surface area (Å²) in [6.45, 7) is 2.06. The van der Waals surface area contributed by atoms with Crippen molar-refractivity contribution in [1.29, 1.82) is 0 Å². The number of carbonyl (C=O) groups excluding carboxylic acids is 1. The SMILES string of the molecule is C[C@@H]1CC(NC(=O)C2CC2)CC[C@H]1O. The molecule has 1 unspecified atom stereocenters. The summed E-state index contributed by atoms with van der Waals surface area (Å²) in [4.78, 5) is 11.5. The summed E-state index contributed by atoms with van der Waals surface area (Å²) in [5.41, 5.74) is 0. The first-order chi connectivity index (χ1) is 6.66. The Hall–Kier alpha value is -0.570. The zero-order chi connectivity index (χ0) is 10.1. The van der Waals surface area contributed by atoms with Crippen molar-refractivity contribution < 1.29 is 9.90 Å². The summed E-state index contributed by atoms with van der Waals surface area (Å²) in [5.74, 6) is 0.865. The minimum absolute atomic E-state index is 0.163. The summed E-state index contributed by atoms with van der Waals surface area (Å²) >= 11 is 0. The Balaban J connectivity index is 1.78. The summed E-state index contributed by atoms with van der Waals surface area (Å²) in [6, 6.07) is 0.307. The molecular weight excluding hydrogens is 178 g/mol. The second kappa shape index (κ2) is 3.89. The van der Waals surface area contributed by atoms with Gasteiger partial charge in [-0.2, -0.15) is 0 Å². The van der Waals surface area contributed by atoms with E-state index in [1.807, 2.05) is 0 Å². The van der Waals surface area contributed by atoms with Crippen molar-refractivity contribution in [3.8, 4) is 0 Å². The highest BCUT2D eigenvalue weighted by Gasteiger charge is 2.33. The number of hydrogen-bond donors (Lipinski definition) is 2. The van der Waals surface area contributed by atoms with Gasteiger partial charge in [-0.15, -0.1) is 0 Å². The van der Waals surface area contributed by atoms with Crippen LogP contribution in [-0.2, 0) is 4.79 Å². The van der Waals surface area contributed by atoms with E-state index in [0.29, 0.717) is 17.9 Å². The van der Waals surface area contributed by atoms with E-state index in [9.17, 15) is 9.90 Å². The van der Waals surface area contributed by atoms with Crippen LogP contribution in [0.2, 0.25) is 0 Å². The smallest absolute Gasteiger partial charge is 0.223 e. The van der Waals surface area contributed by atoms with Gasteiger partial charge in [0, 0.05) is 12.0 Å². The van der Waals surface area contributed by atoms with Crippen LogP contribution in [0, 0.1) is 11.8 Å². The second-order valence-electron chi connectivity index (χ2n) is 4.84. The zero-order valence-electron chi connectivity index (χ0n) is 8.70. The molecule has 2 saturated carbocycles. The van der Waals surface area contributed by atoms with Gasteiger partial charge in [-0.3, -0.25) is 4.79 Å². The van der Waals surface area contributed by atoms with Crippen LogP contribution in [0.3, 0.4) is 0 Å². The Bertz CT molecular complexity index is 225. The van der Waals surface area contributed by atoms with Crippen LogP contribution in [0.25, 0.3) is 0 Å². The van der Waals surface area contributed by atoms with E-state index in [1.165, 1.54) is 0 Å². The molecule has 0 bridgehead atoms. The first kappa shape index (κ1) is 9.97. The van der Waals surface area contributed by atoms with E-state index in [4.69, 9.17) is 0 Å². The molecule has 2 rings (SSSR count). The lowest BCUT2D eigenvalue weighted by Crippen LogP contribution is -2.42. The third-order valence-corrected chi connectivity index (χ3v) is 3.42. The first-order valence-corrected chi connectivity index (χ1v) is 5.65. The number of aliphatic hydroxyl groups excluding tert-OH is 1. The maximum atomic E-state index is 11.5. The molecule has 0 saturated heterocycles. The number of carbonyl (C=O) groups is 1. The molecular formula is C11H19NO2. The van der Waals surface area contributed by atoms with E-state index in [0.717, 1.165) is 32.1 Å². The molecule has 0 aliphatic heterocycles. The first-order valence-electron chi connectivity index (χ1n) is 5.65. The largest absolute Gasteiger partial charge is 0.393 e. The summed E-state index contributed by atoms with van der Waals surface area (Å²) in [6.07, 6.45) is 4.66. The van der Waals surface area contributed by atoms with Crippen LogP contribution >= 0.6 is 0 Å². The quantitative estimate of drug-likeness (QED) is 0.695. The predicted molar refractivity (Wildman–Crippen MR) is 53.7 cm³/mol. The zero-order valence-corrected chi connectivity index (χ0v) is 8.70. The van der Waals surface area contributed by atoms with Crippen molar-refractivity contribution in [3.05, 3.63) is 0 Å². The van der Waals surface area contributed by atoms with Gasteiger partial charge in [0.15, 0.2) is 0 Å². The molecule has 0 spiro atoms. The van der Waals surface area contributed by atoms with Crippen molar-refractivity contribution in [2.45, 2.75) is 51.2 Å². The van der Waals surface area contributed by atoms with Crippen LogP contribution in [-0.4, -0.2) is 23.2 Å². The molecule has 0 aromatic rings. The molecule has 3 atom stereocenters. The highest BCUT2D eigenvalue weighted by atomic mass is 16.3. The third-order valence-electron chi connectivity index (χ3n) is 3.42. The van der Waals surface area contributed by atoms with Gasteiger partial charge in [0.05, 0.1) is 6.10 Å². The lowest BCUT2D eigenvalue weighted by molar-refractivity contribution is -0.123. The fraction of sp³-hybridized carbons (Fsp3) is 0.909. The maximum Gasteiger partial charge on any atom is 0.223 e. The van der Waals surface area contributed by atoms with Crippen molar-refractivity contribution in [2.75, 3.05) is 0 Å². The average Bonchev–Trinajstić information content (AvgIpc) is 2.94. The van der Waals surface area contributed by atoms with Gasteiger partial charge in [0.25, 0.3) is 0 Å². The summed E-state index contributed by atoms with van der Waals surface area (Å²) < 4.78 is 0. The highest BCUT2D eigenvalue weighted by Crippen LogP contribution is 2.30. The fourth-order valence-corrected chi connectivity index (χ4v) is 2.18. The van der Waals surface area contributed by atoms with Gasteiger partial charge in [0.2, 0.25) is 5.91 Å². The molecule has 2 aliphatic carbocycles. The Morgan fingerprint density at radius 3 is 2.57 bits per heavy atom. The van der Waals surface area contributed by atoms with E-state index < -0.39 is 0 Å². The standard InChI is InChI=1S/C11H19NO2/c1-7-6-9(4-5-10(7)13)12-11(14)8-2-3-8/h7-10,13H,2-6H2,1H3,(H,12,14)/t7-,9?,10-/m1/s1. The van der Waals surface area contributed by atoms with Crippen LogP contribution in [0.15, 0.2) is 0 Å². The van der Waals surface area contributed by atoms with Crippen molar-refractivity contribution in [1.82, 2.24) is 5.32 Å². The minimum atomic E-state index is -0.163. The number of amides is 1. The lowest BCUT2D eigenvalue weighted by Gasteiger charge is -2.31. The molecule has 0 aromatic heterocycles. The molecule has 2 aliphatic rings. The van der Waals surface area contributed by atoms with Crippen molar-refractivity contribution >= 4 is 5.91 Å². The second-order valence-corrected chi connectivity index (χ2v) is 4.84. The van der Waals surface area contributed by atoms with E-state index in [-0.39, 0.29) is 12.0 Å². The van der Waals surface area contributed by atoms with Gasteiger partial charge >= 0.3 is 0 Å². The molecule has 80 valence electrons. The third kappa shape index (κ3) is 2.27. The molecule has 0 radical (unpaired) electrons. The molecule has 0 aromatic carbocycles. The molecule has 3 nitrogen and oxygen atoms in total. The topological polar surface area (TPSA) is 49.3 Å². The Morgan fingerprint density at radius 1 is 1.29 bits per heavy atom. The van der Waals surface area contributed by atoms with E-state index in [1.54, 1.807) is 0 Å². The molecule has 1 amide bonds. The fourth-order valence-electron chi connectivity index (χ4n) is 2.18. The number of nitrogens with one attached hydrogen (secondary N) is 1. The van der Waals surface area contributed by atoms with Crippen LogP contribution < -0.4 is 5.32 Å². The molecule has 2 N–H and O–H groups in total. The minimum Gasteiger partial charge on any atom is -0.393 e. The van der Waals surface area contributed by atoms with E-state index >= 15 is 0 Å². The van der Waals surface area contributed by atoms with Gasteiger partial charge in [0.1, 0.15) is 0 Å². The van der Waals surface area contributed by atoms with Gasteiger partial charge < -0.3 is 10.4 Å². The van der Waals surface area contributed by atoms with Gasteiger partial charge in [-0.05, 0) is 38.0 Å². The van der Waals surface area contributed by atoms with Crippen LogP contribution in [0.5, 0.6) is 0 Å². The molecule has 3 heteroatoms. The average molecular weight is 197 g/mol. The normalized spacial score (nSPS) is 38.0. The van der Waals surface area contributed by atoms with Crippen LogP contribution in [0.1, 0.15) is 39.0 Å². The highest BCUT2D eigenvalue weighted by molar-refractivity contribution is 5.81. The number of aliphatic hydroxyl groups is 1. The summed E-state index contributed by atoms with van der Waals surface area (Å²) in [5, 5.41) is 12.6. The van der Waals surface area contributed by atoms with Gasteiger partial charge in [-0.1, -0.05) is 6.92 Å². The number of hydrogen-bond acceptors (Lipinski definition) is 2. The van der Waals surface area contributed by atoms with Gasteiger partial charge in [-0.25, -0.2) is 0 Å². The Morgan fingerprint density at radius 2 is 2.00 bits per heavy atom. The monoisotopic (exact) mass is 197 g/mol. The number of rotatable bonds is 2. The summed E-state index contributed by atoms with van der Waals surface area (Å²) in [7, 11) is 0. The van der Waals surface area contributed by atoms with Crippen LogP contribution in [0.4, 0.5) is 0 Å². The van der Waals surface area contributed by atoms with E-state index in [2.05, 4.69) is 12.2 Å². The predicted octanol–water partition coefficient (Wildman–Crippen LogP) is 1.06. The molecule has 14 heavy (non-hydrogen) atoms.